The van der Waals surface area contributed by atoms with Gasteiger partial charge < -0.3 is 0 Å². The van der Waals surface area contributed by atoms with Crippen molar-refractivity contribution in [3.8, 4) is 0 Å². The number of hydrogen-bond donors (Lipinski definition) is 1. The highest BCUT2D eigenvalue weighted by Gasteiger charge is 2.35. The number of unbranched alkanes of at least 4 members (excludes halogenated alkanes) is 1. The third kappa shape index (κ3) is 4.21. The Hall–Kier alpha value is -1.24. The van der Waals surface area contributed by atoms with E-state index in [2.05, 4.69) is 9.71 Å². The first-order valence-electron chi connectivity index (χ1n) is 5.40. The Morgan fingerprint density at radius 1 is 1.50 bits per heavy atom. The van der Waals surface area contributed by atoms with Gasteiger partial charge in [-0.25, -0.2) is 0 Å². The van der Waals surface area contributed by atoms with Crippen LogP contribution in [0.3, 0.4) is 0 Å². The molecule has 1 rings (SSSR count). The predicted octanol–water partition coefficient (Wildman–Crippen LogP) is 3.28. The van der Waals surface area contributed by atoms with E-state index < -0.39 is 23.2 Å². The Morgan fingerprint density at radius 2 is 2.22 bits per heavy atom. The average molecular weight is 278 g/mol. The number of nitrogens with one attached hydrogen (secondary N) is 1. The van der Waals surface area contributed by atoms with E-state index in [9.17, 15) is 18.0 Å². The Kier molecular flexibility index (Phi) is 5.46. The number of hydrogen-bond acceptors (Lipinski definition) is 3. The third-order valence-corrected chi connectivity index (χ3v) is 2.96. The van der Waals surface area contributed by atoms with Crippen LogP contribution >= 0.6 is 11.9 Å². The number of carbonyl (C=O) groups is 1. The second kappa shape index (κ2) is 6.63. The van der Waals surface area contributed by atoms with Crippen molar-refractivity contribution in [1.82, 2.24) is 9.71 Å². The summed E-state index contributed by atoms with van der Waals surface area (Å²) < 4.78 is 40.3. The molecule has 0 saturated heterocycles. The standard InChI is InChI=1S/C11H13F3N2OS/c1-2-3-6-18-16-10(17)8-7-15-5-4-9(8)11(12,13)14/h4-5,7H,2-3,6H2,1H3,(H,16,17). The van der Waals surface area contributed by atoms with Gasteiger partial charge in [0.1, 0.15) is 0 Å². The molecule has 0 aliphatic heterocycles. The number of halogens is 3. The van der Waals surface area contributed by atoms with Crippen LogP contribution in [0.5, 0.6) is 0 Å². The van der Waals surface area contributed by atoms with Crippen LogP contribution in [0.4, 0.5) is 13.2 Å². The molecule has 0 aromatic carbocycles. The maximum Gasteiger partial charge on any atom is 0.417 e. The lowest BCUT2D eigenvalue weighted by Gasteiger charge is -2.11. The highest BCUT2D eigenvalue weighted by Crippen LogP contribution is 2.31. The van der Waals surface area contributed by atoms with E-state index in [1.807, 2.05) is 6.92 Å². The van der Waals surface area contributed by atoms with Crippen molar-refractivity contribution in [3.05, 3.63) is 29.6 Å². The normalized spacial score (nSPS) is 11.3. The first kappa shape index (κ1) is 14.8. The number of nitrogens with zero attached hydrogens (tertiary/aromatic N) is 1. The summed E-state index contributed by atoms with van der Waals surface area (Å²) in [4.78, 5) is 15.2. The van der Waals surface area contributed by atoms with E-state index in [1.165, 1.54) is 0 Å². The second-order valence-corrected chi connectivity index (χ2v) is 4.45. The molecular weight excluding hydrogens is 265 g/mol. The largest absolute Gasteiger partial charge is 0.417 e. The molecule has 1 heterocycles. The Balaban J connectivity index is 2.74. The lowest BCUT2D eigenvalue weighted by atomic mass is 10.1. The summed E-state index contributed by atoms with van der Waals surface area (Å²) >= 11 is 1.11. The molecule has 1 amide bonds. The van der Waals surface area contributed by atoms with Crippen molar-refractivity contribution in [2.75, 3.05) is 5.75 Å². The first-order valence-corrected chi connectivity index (χ1v) is 6.38. The Morgan fingerprint density at radius 3 is 2.83 bits per heavy atom. The van der Waals surface area contributed by atoms with Crippen LogP contribution in [0.25, 0.3) is 0 Å². The maximum atomic E-state index is 12.6. The summed E-state index contributed by atoms with van der Waals surface area (Å²) in [6, 6.07) is 0.797. The summed E-state index contributed by atoms with van der Waals surface area (Å²) in [5, 5.41) is 0. The zero-order valence-electron chi connectivity index (χ0n) is 9.75. The van der Waals surface area contributed by atoms with Crippen molar-refractivity contribution in [2.45, 2.75) is 25.9 Å². The predicted molar refractivity (Wildman–Crippen MR) is 64.1 cm³/mol. The van der Waals surface area contributed by atoms with Crippen molar-refractivity contribution in [1.29, 1.82) is 0 Å². The number of carbonyl (C=O) groups excluding carboxylic acids is 1. The van der Waals surface area contributed by atoms with Crippen molar-refractivity contribution < 1.29 is 18.0 Å². The zero-order valence-corrected chi connectivity index (χ0v) is 10.6. The van der Waals surface area contributed by atoms with Crippen LogP contribution in [-0.4, -0.2) is 16.6 Å². The molecular formula is C11H13F3N2OS. The summed E-state index contributed by atoms with van der Waals surface area (Å²) in [5.41, 5.74) is -1.42. The van der Waals surface area contributed by atoms with Gasteiger partial charge in [0.25, 0.3) is 5.91 Å². The smallest absolute Gasteiger partial charge is 0.296 e. The second-order valence-electron chi connectivity index (χ2n) is 3.55. The summed E-state index contributed by atoms with van der Waals surface area (Å²) in [7, 11) is 0. The zero-order chi connectivity index (χ0) is 13.6. The topological polar surface area (TPSA) is 42.0 Å². The van der Waals surface area contributed by atoms with Gasteiger partial charge >= 0.3 is 6.18 Å². The molecule has 18 heavy (non-hydrogen) atoms. The minimum atomic E-state index is -4.55. The van der Waals surface area contributed by atoms with Crippen LogP contribution in [0.2, 0.25) is 0 Å². The van der Waals surface area contributed by atoms with Gasteiger partial charge in [-0.2, -0.15) is 13.2 Å². The summed E-state index contributed by atoms with van der Waals surface area (Å²) in [6.45, 7) is 1.99. The molecule has 0 spiro atoms. The molecule has 0 atom stereocenters. The van der Waals surface area contributed by atoms with E-state index in [1.54, 1.807) is 0 Å². The van der Waals surface area contributed by atoms with E-state index in [4.69, 9.17) is 0 Å². The van der Waals surface area contributed by atoms with E-state index in [-0.39, 0.29) is 0 Å². The number of pyridine rings is 1. The lowest BCUT2D eigenvalue weighted by Crippen LogP contribution is -2.21. The van der Waals surface area contributed by atoms with Crippen molar-refractivity contribution in [3.63, 3.8) is 0 Å². The minimum absolute atomic E-state index is 0.450. The number of alkyl halides is 3. The summed E-state index contributed by atoms with van der Waals surface area (Å²) in [6.07, 6.45) is -0.750. The molecule has 1 aromatic heterocycles. The monoisotopic (exact) mass is 278 g/mol. The molecule has 1 N–H and O–H groups in total. The lowest BCUT2D eigenvalue weighted by molar-refractivity contribution is -0.138. The van der Waals surface area contributed by atoms with Crippen LogP contribution in [-0.2, 0) is 6.18 Å². The molecule has 0 bridgehead atoms. The van der Waals surface area contributed by atoms with Gasteiger partial charge in [-0.05, 0) is 12.5 Å². The minimum Gasteiger partial charge on any atom is -0.296 e. The van der Waals surface area contributed by atoms with Crippen molar-refractivity contribution >= 4 is 17.9 Å². The first-order chi connectivity index (χ1) is 8.46. The van der Waals surface area contributed by atoms with Gasteiger partial charge in [0.2, 0.25) is 0 Å². The van der Waals surface area contributed by atoms with Crippen LogP contribution < -0.4 is 4.72 Å². The molecule has 3 nitrogen and oxygen atoms in total. The quantitative estimate of drug-likeness (QED) is 0.664. The fourth-order valence-corrected chi connectivity index (χ4v) is 1.99. The Labute approximate surface area is 107 Å². The third-order valence-electron chi connectivity index (χ3n) is 2.14. The van der Waals surface area contributed by atoms with Crippen LogP contribution in [0.15, 0.2) is 18.5 Å². The number of rotatable bonds is 5. The van der Waals surface area contributed by atoms with Crippen LogP contribution in [0, 0.1) is 0 Å². The van der Waals surface area contributed by atoms with Gasteiger partial charge in [-0.1, -0.05) is 25.3 Å². The molecule has 0 unspecified atom stereocenters. The van der Waals surface area contributed by atoms with Gasteiger partial charge in [0, 0.05) is 18.1 Å². The molecule has 0 aliphatic carbocycles. The van der Waals surface area contributed by atoms with Gasteiger partial charge in [0.05, 0.1) is 11.1 Å². The molecule has 0 radical (unpaired) electrons. The average Bonchev–Trinajstić information content (AvgIpc) is 2.33. The van der Waals surface area contributed by atoms with Crippen LogP contribution in [0.1, 0.15) is 35.7 Å². The fraction of sp³-hybridized carbons (Fsp3) is 0.455. The van der Waals surface area contributed by atoms with E-state index in [0.29, 0.717) is 5.75 Å². The fourth-order valence-electron chi connectivity index (χ4n) is 1.21. The molecule has 1 aromatic rings. The maximum absolute atomic E-state index is 12.6. The highest BCUT2D eigenvalue weighted by molar-refractivity contribution is 7.97. The molecule has 0 aliphatic rings. The van der Waals surface area contributed by atoms with Gasteiger partial charge in [0.15, 0.2) is 0 Å². The van der Waals surface area contributed by atoms with E-state index >= 15 is 0 Å². The van der Waals surface area contributed by atoms with Gasteiger partial charge in [-0.3, -0.25) is 14.5 Å². The molecule has 0 saturated carbocycles. The Bertz CT molecular complexity index is 410. The summed E-state index contributed by atoms with van der Waals surface area (Å²) in [5.74, 6) is -0.0966. The van der Waals surface area contributed by atoms with E-state index in [0.717, 1.165) is 43.2 Å². The molecule has 100 valence electrons. The highest BCUT2D eigenvalue weighted by atomic mass is 32.2. The molecule has 7 heteroatoms. The SMILES string of the molecule is CCCCSNC(=O)c1cnccc1C(F)(F)F. The molecule has 0 fully saturated rings. The number of amides is 1. The van der Waals surface area contributed by atoms with Crippen molar-refractivity contribution in [2.24, 2.45) is 0 Å². The van der Waals surface area contributed by atoms with Gasteiger partial charge in [-0.15, -0.1) is 0 Å². The number of aromatic nitrogens is 1.